The Morgan fingerprint density at radius 2 is 0.471 bits per heavy atom. The molecule has 5 aromatic carbocycles. The van der Waals surface area contributed by atoms with E-state index in [1.54, 1.807) is 0 Å². The van der Waals surface area contributed by atoms with Crippen LogP contribution in [0.5, 0.6) is 28.7 Å². The van der Waals surface area contributed by atoms with Gasteiger partial charge in [0.2, 0.25) is 0 Å². The maximum absolute atomic E-state index is 12.5. The van der Waals surface area contributed by atoms with Crippen LogP contribution in [0.1, 0.15) is 51.8 Å². The summed E-state index contributed by atoms with van der Waals surface area (Å²) in [7, 11) is 0. The van der Waals surface area contributed by atoms with Gasteiger partial charge in [-0.25, -0.2) is 0 Å². The number of hydrogen-bond donors (Lipinski definition) is 5. The van der Waals surface area contributed by atoms with Crippen molar-refractivity contribution >= 4 is 44.0 Å². The van der Waals surface area contributed by atoms with Crippen LogP contribution >= 0.6 is 0 Å². The van der Waals surface area contributed by atoms with E-state index in [-0.39, 0.29) is 0 Å². The van der Waals surface area contributed by atoms with Gasteiger partial charge in [0.05, 0.1) is 0 Å². The van der Waals surface area contributed by atoms with Crippen molar-refractivity contribution in [3.05, 3.63) is 149 Å². The van der Waals surface area contributed by atoms with Crippen molar-refractivity contribution in [2.75, 3.05) is 0 Å². The van der Waals surface area contributed by atoms with E-state index in [4.69, 9.17) is 18.6 Å². The molecule has 5 rings (SSSR count). The molecule has 0 aliphatic heterocycles. The molecule has 0 heterocycles. The van der Waals surface area contributed by atoms with Gasteiger partial charge in [0.1, 0.15) is 0 Å². The molecule has 0 aliphatic carbocycles. The van der Waals surface area contributed by atoms with E-state index in [9.17, 15) is 49.5 Å². The topological polar surface area (TPSA) is 233 Å². The molecular formula is C35H25AsO15. The second kappa shape index (κ2) is 14.2. The molecule has 0 bridgehead atoms. The summed E-state index contributed by atoms with van der Waals surface area (Å²) in [4.78, 5) is 62.4. The zero-order valence-corrected chi connectivity index (χ0v) is 27.7. The number of rotatable bonds is 15. The van der Waals surface area contributed by atoms with Crippen molar-refractivity contribution in [3.63, 3.8) is 0 Å². The van der Waals surface area contributed by atoms with Gasteiger partial charge in [-0.1, -0.05) is 0 Å². The molecule has 0 spiro atoms. The zero-order chi connectivity index (χ0) is 36.8. The van der Waals surface area contributed by atoms with Crippen molar-refractivity contribution < 1.29 is 68.1 Å². The fraction of sp³-hybridized carbons (Fsp3) is 0. The Morgan fingerprint density at radius 3 is 0.627 bits per heavy atom. The Hall–Kier alpha value is -6.99. The van der Waals surface area contributed by atoms with E-state index in [0.717, 1.165) is 60.7 Å². The predicted octanol–water partition coefficient (Wildman–Crippen LogP) is 5.76. The molecule has 16 heteroatoms. The van der Waals surface area contributed by atoms with Gasteiger partial charge in [-0.3, -0.25) is 0 Å². The first-order valence-corrected chi connectivity index (χ1v) is 18.3. The minimum atomic E-state index is -7.66. The summed E-state index contributed by atoms with van der Waals surface area (Å²) in [5.41, 5.74) is -2.85. The second-order valence-corrected chi connectivity index (χ2v) is 15.3. The Bertz CT molecular complexity index is 1820. The van der Waals surface area contributed by atoms with Crippen molar-refractivity contribution in [2.45, 2.75) is 0 Å². The van der Waals surface area contributed by atoms with Crippen LogP contribution in [0.4, 0.5) is 0 Å². The average molecular weight is 760 g/mol. The van der Waals surface area contributed by atoms with Crippen LogP contribution in [0.15, 0.2) is 121 Å². The maximum atomic E-state index is 12.5. The average Bonchev–Trinajstić information content (AvgIpc) is 3.09. The van der Waals surface area contributed by atoms with E-state index >= 15 is 0 Å². The fourth-order valence-corrected chi connectivity index (χ4v) is 10.4. The number of carboxylic acid groups (broad SMARTS) is 5. The number of hydrogen-bond acceptors (Lipinski definition) is 10. The number of carboxylic acids is 5. The number of aromatic carboxylic acids is 5. The summed E-state index contributed by atoms with van der Waals surface area (Å²) in [6.07, 6.45) is 0. The zero-order valence-electron chi connectivity index (χ0n) is 25.8. The molecule has 0 saturated heterocycles. The number of para-hydroxylation sites is 5. The minimum absolute atomic E-state index is 0.569. The molecule has 0 amide bonds. The first-order chi connectivity index (χ1) is 24.3. The van der Waals surface area contributed by atoms with Crippen molar-refractivity contribution in [2.24, 2.45) is 0 Å². The summed E-state index contributed by atoms with van der Waals surface area (Å²) >= 11 is -7.66. The van der Waals surface area contributed by atoms with Gasteiger partial charge in [0.15, 0.2) is 0 Å². The predicted molar refractivity (Wildman–Crippen MR) is 176 cm³/mol. The van der Waals surface area contributed by atoms with Gasteiger partial charge in [0, 0.05) is 0 Å². The Labute approximate surface area is 289 Å². The van der Waals surface area contributed by atoms with Gasteiger partial charge in [0.25, 0.3) is 0 Å². The van der Waals surface area contributed by atoms with Crippen molar-refractivity contribution in [3.8, 4) is 28.7 Å². The van der Waals surface area contributed by atoms with Crippen molar-refractivity contribution in [1.29, 1.82) is 0 Å². The quantitative estimate of drug-likeness (QED) is 0.0799. The van der Waals surface area contributed by atoms with Gasteiger partial charge in [-0.15, -0.1) is 0 Å². The molecule has 0 saturated carbocycles. The summed E-state index contributed by atoms with van der Waals surface area (Å²) in [6.45, 7) is 0. The van der Waals surface area contributed by atoms with Crippen LogP contribution in [0.2, 0.25) is 0 Å². The molecule has 5 aromatic rings. The molecule has 51 heavy (non-hydrogen) atoms. The molecule has 0 fully saturated rings. The van der Waals surface area contributed by atoms with Crippen LogP contribution < -0.4 is 18.6 Å². The molecule has 0 aromatic heterocycles. The van der Waals surface area contributed by atoms with Crippen LogP contribution in [-0.4, -0.2) is 69.5 Å². The first-order valence-electron chi connectivity index (χ1n) is 14.5. The van der Waals surface area contributed by atoms with Crippen LogP contribution in [0.3, 0.4) is 0 Å². The van der Waals surface area contributed by atoms with Crippen LogP contribution in [-0.2, 0) is 0 Å². The SMILES string of the molecule is O=C(O)c1ccccc1O[As](Oc1ccccc1C(=O)O)(Oc1ccccc1C(=O)O)(Oc1ccccc1C(=O)O)Oc1ccccc1C(=O)O. The molecule has 0 radical (unpaired) electrons. The standard InChI is InChI=1S/C35H25AsO15/c37-31(38)21-11-1-6-16-26(21)47-36(48-27-17-7-2-12-22(27)32(39)40,49-28-18-8-3-13-23(28)33(41)42,50-29-19-9-4-14-24(29)34(43)44)51-30-20-10-5-15-25(30)35(45)46/h1-20H,(H,37,38)(H,39,40)(H,41,42)(H,43,44)(H,45,46). The van der Waals surface area contributed by atoms with E-state index in [1.165, 1.54) is 60.7 Å². The molecule has 15 nitrogen and oxygen atoms in total. The van der Waals surface area contributed by atoms with E-state index in [0.29, 0.717) is 0 Å². The van der Waals surface area contributed by atoms with Crippen LogP contribution in [0.25, 0.3) is 0 Å². The molecule has 0 atom stereocenters. The van der Waals surface area contributed by atoms with E-state index in [1.807, 2.05) is 0 Å². The summed E-state index contributed by atoms with van der Waals surface area (Å²) in [5, 5.41) is 50.7. The molecule has 5 N–H and O–H groups in total. The van der Waals surface area contributed by atoms with E-state index in [2.05, 4.69) is 0 Å². The summed E-state index contributed by atoms with van der Waals surface area (Å²) < 4.78 is 31.9. The molecule has 260 valence electrons. The third-order valence-electron chi connectivity index (χ3n) is 6.82. The van der Waals surface area contributed by atoms with E-state index < -0.39 is 101 Å². The Kier molecular flexibility index (Phi) is 9.86. The number of carbonyl (C=O) groups is 5. The molecule has 0 unspecified atom stereocenters. The van der Waals surface area contributed by atoms with Gasteiger partial charge in [-0.05, 0) is 0 Å². The third kappa shape index (κ3) is 7.53. The summed E-state index contributed by atoms with van der Waals surface area (Å²) in [5.74, 6) is -10.9. The Morgan fingerprint density at radius 1 is 0.314 bits per heavy atom. The summed E-state index contributed by atoms with van der Waals surface area (Å²) in [6, 6.07) is 24.4. The van der Waals surface area contributed by atoms with Gasteiger partial charge >= 0.3 is 290 Å². The monoisotopic (exact) mass is 760 g/mol. The molecule has 0 aliphatic rings. The number of benzene rings is 5. The second-order valence-electron chi connectivity index (χ2n) is 10.2. The Balaban J connectivity index is 2.01. The van der Waals surface area contributed by atoms with Gasteiger partial charge < -0.3 is 0 Å². The van der Waals surface area contributed by atoms with Crippen LogP contribution in [0, 0.1) is 0 Å². The third-order valence-corrected chi connectivity index (χ3v) is 12.0. The van der Waals surface area contributed by atoms with Crippen molar-refractivity contribution in [1.82, 2.24) is 0 Å². The normalized spacial score (nSPS) is 11.6. The van der Waals surface area contributed by atoms with Gasteiger partial charge in [-0.2, -0.15) is 0 Å². The molecular weight excluding hydrogens is 735 g/mol. The fourth-order valence-electron chi connectivity index (χ4n) is 4.60. The first kappa shape index (κ1) is 35.3.